The number of guanidine groups is 1. The van der Waals surface area contributed by atoms with Crippen LogP contribution in [0.4, 0.5) is 0 Å². The fourth-order valence-corrected chi connectivity index (χ4v) is 4.66. The van der Waals surface area contributed by atoms with Crippen molar-refractivity contribution in [1.29, 1.82) is 0 Å². The second kappa shape index (κ2) is 11.2. The summed E-state index contributed by atoms with van der Waals surface area (Å²) in [5, 5.41) is 9.10. The van der Waals surface area contributed by atoms with E-state index in [0.717, 1.165) is 56.5 Å². The average Bonchev–Trinajstić information content (AvgIpc) is 3.20. The molecule has 166 valence electrons. The van der Waals surface area contributed by atoms with E-state index in [0.29, 0.717) is 0 Å². The fourth-order valence-electron chi connectivity index (χ4n) is 4.32. The van der Waals surface area contributed by atoms with Gasteiger partial charge in [0.05, 0.1) is 0 Å². The molecule has 1 fully saturated rings. The zero-order chi connectivity index (χ0) is 20.8. The first-order chi connectivity index (χ1) is 14.7. The first-order valence-corrected chi connectivity index (χ1v) is 10.9. The van der Waals surface area contributed by atoms with Crippen LogP contribution in [0.1, 0.15) is 24.0 Å². The third-order valence-electron chi connectivity index (χ3n) is 6.07. The predicted octanol–water partition coefficient (Wildman–Crippen LogP) is 4.90. The van der Waals surface area contributed by atoms with Gasteiger partial charge < -0.3 is 20.4 Å². The van der Waals surface area contributed by atoms with Crippen LogP contribution in [0.3, 0.4) is 0 Å². The lowest BCUT2D eigenvalue weighted by Crippen LogP contribution is -2.48. The van der Waals surface area contributed by atoms with Crippen molar-refractivity contribution >= 4 is 52.4 Å². The number of benzene rings is 2. The molecule has 1 aliphatic rings. The van der Waals surface area contributed by atoms with Crippen molar-refractivity contribution in [1.82, 2.24) is 15.6 Å². The number of halogens is 2. The number of nitrogens with one attached hydrogen (secondary N) is 3. The molecule has 0 saturated carbocycles. The Morgan fingerprint density at radius 2 is 1.84 bits per heavy atom. The summed E-state index contributed by atoms with van der Waals surface area (Å²) in [5.41, 5.74) is 3.63. The van der Waals surface area contributed by atoms with Gasteiger partial charge in [-0.15, -0.1) is 24.0 Å². The minimum Gasteiger partial charge on any atom is -0.381 e. The fraction of sp³-hybridized carbons (Fsp3) is 0.375. The van der Waals surface area contributed by atoms with Gasteiger partial charge in [0, 0.05) is 60.9 Å². The number of ether oxygens (including phenoxy) is 1. The highest BCUT2D eigenvalue weighted by molar-refractivity contribution is 14.0. The minimum atomic E-state index is -0.0505. The van der Waals surface area contributed by atoms with Crippen molar-refractivity contribution in [3.63, 3.8) is 0 Å². The summed E-state index contributed by atoms with van der Waals surface area (Å²) >= 11 is 6.57. The Bertz CT molecular complexity index is 1010. The summed E-state index contributed by atoms with van der Waals surface area (Å²) in [5.74, 6) is 0.813. The lowest BCUT2D eigenvalue weighted by Gasteiger charge is -2.38. The van der Waals surface area contributed by atoms with Gasteiger partial charge in [0.2, 0.25) is 0 Å². The lowest BCUT2D eigenvalue weighted by atomic mass is 9.74. The molecule has 31 heavy (non-hydrogen) atoms. The zero-order valence-corrected chi connectivity index (χ0v) is 20.9. The Balaban J connectivity index is 0.00000272. The summed E-state index contributed by atoms with van der Waals surface area (Å²) in [6, 6.07) is 16.6. The van der Waals surface area contributed by atoms with Gasteiger partial charge in [-0.1, -0.05) is 48.0 Å². The van der Waals surface area contributed by atoms with Gasteiger partial charge in [-0.3, -0.25) is 4.99 Å². The number of H-pyrrole nitrogens is 1. The molecular weight excluding hydrogens is 523 g/mol. The third-order valence-corrected chi connectivity index (χ3v) is 6.40. The highest BCUT2D eigenvalue weighted by Crippen LogP contribution is 2.38. The highest BCUT2D eigenvalue weighted by atomic mass is 127. The van der Waals surface area contributed by atoms with Gasteiger partial charge in [0.1, 0.15) is 0 Å². The topological polar surface area (TPSA) is 61.4 Å². The molecule has 1 aliphatic heterocycles. The molecule has 1 aromatic heterocycles. The van der Waals surface area contributed by atoms with E-state index in [2.05, 4.69) is 63.2 Å². The molecule has 0 bridgehead atoms. The molecule has 1 saturated heterocycles. The van der Waals surface area contributed by atoms with Crippen LogP contribution in [0.15, 0.2) is 59.7 Å². The maximum absolute atomic E-state index is 6.57. The third kappa shape index (κ3) is 5.54. The highest BCUT2D eigenvalue weighted by Gasteiger charge is 2.36. The number of para-hydroxylation sites is 1. The molecule has 4 rings (SSSR count). The number of hydrogen-bond donors (Lipinski definition) is 3. The van der Waals surface area contributed by atoms with Crippen molar-refractivity contribution in [3.05, 3.63) is 70.9 Å². The predicted molar refractivity (Wildman–Crippen MR) is 140 cm³/mol. The summed E-state index contributed by atoms with van der Waals surface area (Å²) in [6.07, 6.45) is 4.90. The Morgan fingerprint density at radius 1 is 1.10 bits per heavy atom. The van der Waals surface area contributed by atoms with Crippen LogP contribution in [0, 0.1) is 0 Å². The van der Waals surface area contributed by atoms with Crippen molar-refractivity contribution in [2.75, 3.05) is 33.4 Å². The molecule has 7 heteroatoms. The van der Waals surface area contributed by atoms with Crippen LogP contribution in [0.25, 0.3) is 10.9 Å². The monoisotopic (exact) mass is 552 g/mol. The summed E-state index contributed by atoms with van der Waals surface area (Å²) in [4.78, 5) is 7.76. The van der Waals surface area contributed by atoms with Gasteiger partial charge in [-0.25, -0.2) is 0 Å². The standard InChI is InChI=1S/C24H29ClN4O.HI/c1-26-23(27-13-10-18-16-28-22-9-5-2-6-19(18)22)29-17-24(11-14-30-15-12-24)20-7-3-4-8-21(20)25;/h2-9,16,28H,10-15,17H2,1H3,(H2,26,27,29);1H. The van der Waals surface area contributed by atoms with Crippen molar-refractivity contribution in [3.8, 4) is 0 Å². The van der Waals surface area contributed by atoms with E-state index >= 15 is 0 Å². The van der Waals surface area contributed by atoms with Crippen LogP contribution in [-0.4, -0.2) is 44.3 Å². The number of rotatable bonds is 6. The van der Waals surface area contributed by atoms with E-state index in [9.17, 15) is 0 Å². The molecule has 2 heterocycles. The molecule has 3 N–H and O–H groups in total. The molecule has 0 unspecified atom stereocenters. The van der Waals surface area contributed by atoms with E-state index in [4.69, 9.17) is 16.3 Å². The number of nitrogens with zero attached hydrogens (tertiary/aromatic N) is 1. The second-order valence-corrected chi connectivity index (χ2v) is 8.24. The number of hydrogen-bond acceptors (Lipinski definition) is 2. The smallest absolute Gasteiger partial charge is 0.191 e. The molecule has 0 aliphatic carbocycles. The average molecular weight is 553 g/mol. The van der Waals surface area contributed by atoms with E-state index < -0.39 is 0 Å². The Morgan fingerprint density at radius 3 is 2.61 bits per heavy atom. The molecule has 0 radical (unpaired) electrons. The van der Waals surface area contributed by atoms with Crippen LogP contribution in [0.5, 0.6) is 0 Å². The quantitative estimate of drug-likeness (QED) is 0.232. The summed E-state index contributed by atoms with van der Waals surface area (Å²) < 4.78 is 5.64. The molecule has 5 nitrogen and oxygen atoms in total. The van der Waals surface area contributed by atoms with Crippen molar-refractivity contribution < 1.29 is 4.74 Å². The maximum atomic E-state index is 6.57. The van der Waals surface area contributed by atoms with E-state index in [1.165, 1.54) is 22.0 Å². The molecular formula is C24H30ClIN4O. The molecule has 0 atom stereocenters. The maximum Gasteiger partial charge on any atom is 0.191 e. The normalized spacial score (nSPS) is 16.0. The lowest BCUT2D eigenvalue weighted by molar-refractivity contribution is 0.0514. The van der Waals surface area contributed by atoms with Crippen LogP contribution >= 0.6 is 35.6 Å². The van der Waals surface area contributed by atoms with E-state index in [1.807, 2.05) is 19.2 Å². The zero-order valence-electron chi connectivity index (χ0n) is 17.8. The van der Waals surface area contributed by atoms with Gasteiger partial charge in [-0.2, -0.15) is 0 Å². The van der Waals surface area contributed by atoms with Gasteiger partial charge >= 0.3 is 0 Å². The van der Waals surface area contributed by atoms with Gasteiger partial charge in [-0.05, 0) is 42.5 Å². The largest absolute Gasteiger partial charge is 0.381 e. The molecule has 2 aromatic carbocycles. The SMILES string of the molecule is CN=C(NCCc1c[nH]c2ccccc12)NCC1(c2ccccc2Cl)CCOCC1.I. The van der Waals surface area contributed by atoms with Gasteiger partial charge in [0.15, 0.2) is 5.96 Å². The van der Waals surface area contributed by atoms with E-state index in [-0.39, 0.29) is 29.4 Å². The number of aliphatic imine (C=N–C) groups is 1. The van der Waals surface area contributed by atoms with Crippen LogP contribution < -0.4 is 10.6 Å². The van der Waals surface area contributed by atoms with Crippen LogP contribution in [0.2, 0.25) is 5.02 Å². The Hall–Kier alpha value is -1.77. The van der Waals surface area contributed by atoms with Crippen molar-refractivity contribution in [2.45, 2.75) is 24.7 Å². The van der Waals surface area contributed by atoms with Crippen LogP contribution in [-0.2, 0) is 16.6 Å². The van der Waals surface area contributed by atoms with E-state index in [1.54, 1.807) is 0 Å². The Kier molecular flexibility index (Phi) is 8.63. The molecule has 0 spiro atoms. The number of aromatic nitrogens is 1. The second-order valence-electron chi connectivity index (χ2n) is 7.83. The molecule has 3 aromatic rings. The summed E-state index contributed by atoms with van der Waals surface area (Å²) in [6.45, 7) is 3.08. The first-order valence-electron chi connectivity index (χ1n) is 10.5. The minimum absolute atomic E-state index is 0. The molecule has 0 amide bonds. The number of aromatic amines is 1. The summed E-state index contributed by atoms with van der Waals surface area (Å²) in [7, 11) is 1.81. The Labute approximate surface area is 206 Å². The van der Waals surface area contributed by atoms with Gasteiger partial charge in [0.25, 0.3) is 0 Å². The van der Waals surface area contributed by atoms with Crippen molar-refractivity contribution in [2.24, 2.45) is 4.99 Å². The number of fused-ring (bicyclic) bond motifs is 1. The first kappa shape index (κ1) is 23.9.